The molecule has 0 amide bonds. The average Bonchev–Trinajstić information content (AvgIpc) is 2.14. The van der Waals surface area contributed by atoms with E-state index >= 15 is 0 Å². The Kier molecular flexibility index (Phi) is 3.37. The second-order valence-corrected chi connectivity index (χ2v) is 3.18. The van der Waals surface area contributed by atoms with E-state index in [4.69, 9.17) is 5.11 Å². The van der Waals surface area contributed by atoms with Crippen LogP contribution in [0.1, 0.15) is 17.2 Å². The van der Waals surface area contributed by atoms with Crippen molar-refractivity contribution in [2.45, 2.75) is 18.5 Å². The zero-order valence-corrected chi connectivity index (χ0v) is 7.90. The Balaban J connectivity index is 3.23. The van der Waals surface area contributed by atoms with Crippen molar-refractivity contribution in [2.75, 3.05) is 0 Å². The molecule has 0 radical (unpaired) electrons. The maximum Gasteiger partial charge on any atom is 0.419 e. The molecule has 0 aromatic heterocycles. The van der Waals surface area contributed by atoms with Crippen LogP contribution in [0.2, 0.25) is 0 Å². The molecule has 1 N–H and O–H groups in total. The van der Waals surface area contributed by atoms with Gasteiger partial charge in [-0.2, -0.15) is 26.3 Å². The summed E-state index contributed by atoms with van der Waals surface area (Å²) in [4.78, 5) is 0. The summed E-state index contributed by atoms with van der Waals surface area (Å²) in [6.07, 6.45) is -13.3. The third kappa shape index (κ3) is 3.09. The van der Waals surface area contributed by atoms with Gasteiger partial charge in [0.2, 0.25) is 0 Å². The van der Waals surface area contributed by atoms with Crippen LogP contribution in [0, 0.1) is 5.82 Å². The maximum absolute atomic E-state index is 12.7. The standard InChI is InChI=1S/C9H5F7O/c10-6-2-1-4(7(17)9(14,15)16)3-5(6)8(11,12)13/h1-3,7,17H. The number of alkyl halides is 6. The number of hydrogen-bond donors (Lipinski definition) is 1. The van der Waals surface area contributed by atoms with Gasteiger partial charge in [-0.15, -0.1) is 0 Å². The van der Waals surface area contributed by atoms with Crippen LogP contribution in [-0.4, -0.2) is 11.3 Å². The molecule has 8 heteroatoms. The van der Waals surface area contributed by atoms with Crippen molar-refractivity contribution in [3.63, 3.8) is 0 Å². The lowest BCUT2D eigenvalue weighted by Gasteiger charge is -2.16. The fourth-order valence-corrected chi connectivity index (χ4v) is 1.12. The topological polar surface area (TPSA) is 20.2 Å². The lowest BCUT2D eigenvalue weighted by molar-refractivity contribution is -0.207. The van der Waals surface area contributed by atoms with E-state index < -0.39 is 35.4 Å². The Morgan fingerprint density at radius 1 is 1.00 bits per heavy atom. The predicted octanol–water partition coefficient (Wildman–Crippen LogP) is 3.44. The Labute approximate surface area is 90.5 Å². The van der Waals surface area contributed by atoms with E-state index in [1.807, 2.05) is 0 Å². The first-order valence-corrected chi connectivity index (χ1v) is 4.15. The molecule has 1 unspecified atom stereocenters. The van der Waals surface area contributed by atoms with Crippen LogP contribution in [0.25, 0.3) is 0 Å². The van der Waals surface area contributed by atoms with Crippen molar-refractivity contribution in [3.05, 3.63) is 35.1 Å². The van der Waals surface area contributed by atoms with Gasteiger partial charge in [0, 0.05) is 0 Å². The molecule has 0 heterocycles. The molecule has 0 bridgehead atoms. The van der Waals surface area contributed by atoms with Crippen molar-refractivity contribution >= 4 is 0 Å². The van der Waals surface area contributed by atoms with Gasteiger partial charge < -0.3 is 5.11 Å². The van der Waals surface area contributed by atoms with E-state index in [0.29, 0.717) is 6.07 Å². The minimum absolute atomic E-state index is 0.0620. The molecule has 1 nitrogen and oxygen atoms in total. The summed E-state index contributed by atoms with van der Waals surface area (Å²) in [5.74, 6) is -1.70. The molecular weight excluding hydrogens is 257 g/mol. The van der Waals surface area contributed by atoms with Crippen LogP contribution in [0.4, 0.5) is 30.7 Å². The number of benzene rings is 1. The highest BCUT2D eigenvalue weighted by atomic mass is 19.4. The van der Waals surface area contributed by atoms with Gasteiger partial charge in [-0.05, 0) is 17.7 Å². The molecule has 0 aliphatic carbocycles. The SMILES string of the molecule is OC(c1ccc(F)c(C(F)(F)F)c1)C(F)(F)F. The first kappa shape index (κ1) is 13.8. The Morgan fingerprint density at radius 2 is 1.53 bits per heavy atom. The van der Waals surface area contributed by atoms with E-state index in [2.05, 4.69) is 0 Å². The van der Waals surface area contributed by atoms with E-state index in [0.717, 1.165) is 0 Å². The number of hydrogen-bond acceptors (Lipinski definition) is 1. The number of rotatable bonds is 1. The first-order valence-electron chi connectivity index (χ1n) is 4.15. The van der Waals surface area contributed by atoms with Crippen LogP contribution in [0.3, 0.4) is 0 Å². The van der Waals surface area contributed by atoms with Crippen molar-refractivity contribution in [2.24, 2.45) is 0 Å². The van der Waals surface area contributed by atoms with Gasteiger partial charge in [-0.3, -0.25) is 0 Å². The minimum atomic E-state index is -5.12. The number of aliphatic hydroxyl groups excluding tert-OH is 1. The van der Waals surface area contributed by atoms with Crippen LogP contribution >= 0.6 is 0 Å². The average molecular weight is 262 g/mol. The molecular formula is C9H5F7O. The second-order valence-electron chi connectivity index (χ2n) is 3.18. The summed E-state index contributed by atoms with van der Waals surface area (Å²) >= 11 is 0. The highest BCUT2D eigenvalue weighted by molar-refractivity contribution is 5.29. The normalized spacial score (nSPS) is 14.8. The van der Waals surface area contributed by atoms with Gasteiger partial charge in [-0.1, -0.05) is 6.07 Å². The summed E-state index contributed by atoms with van der Waals surface area (Å²) in [6.45, 7) is 0. The van der Waals surface area contributed by atoms with Crippen LogP contribution in [-0.2, 0) is 6.18 Å². The van der Waals surface area contributed by atoms with Crippen molar-refractivity contribution in [1.29, 1.82) is 0 Å². The Hall–Kier alpha value is -1.31. The molecule has 1 aromatic rings. The van der Waals surface area contributed by atoms with Crippen LogP contribution in [0.15, 0.2) is 18.2 Å². The zero-order chi connectivity index (χ0) is 13.4. The van der Waals surface area contributed by atoms with Crippen LogP contribution in [0.5, 0.6) is 0 Å². The first-order chi connectivity index (χ1) is 7.53. The maximum atomic E-state index is 12.7. The fourth-order valence-electron chi connectivity index (χ4n) is 1.12. The fraction of sp³-hybridized carbons (Fsp3) is 0.333. The molecule has 96 valence electrons. The highest BCUT2D eigenvalue weighted by Gasteiger charge is 2.41. The van der Waals surface area contributed by atoms with Gasteiger partial charge in [-0.25, -0.2) is 4.39 Å². The molecule has 0 saturated heterocycles. The Morgan fingerprint density at radius 3 is 1.94 bits per heavy atom. The smallest absolute Gasteiger partial charge is 0.379 e. The van der Waals surface area contributed by atoms with E-state index in [1.165, 1.54) is 0 Å². The largest absolute Gasteiger partial charge is 0.419 e. The van der Waals surface area contributed by atoms with Gasteiger partial charge in [0.15, 0.2) is 6.10 Å². The van der Waals surface area contributed by atoms with Gasteiger partial charge in [0.05, 0.1) is 5.56 Å². The van der Waals surface area contributed by atoms with Gasteiger partial charge >= 0.3 is 12.4 Å². The molecule has 0 aliphatic heterocycles. The van der Waals surface area contributed by atoms with Crippen LogP contribution < -0.4 is 0 Å². The zero-order valence-electron chi connectivity index (χ0n) is 7.90. The molecule has 0 saturated carbocycles. The van der Waals surface area contributed by atoms with E-state index in [-0.39, 0.29) is 12.1 Å². The predicted molar refractivity (Wildman–Crippen MR) is 42.4 cm³/mol. The molecule has 17 heavy (non-hydrogen) atoms. The summed E-state index contributed by atoms with van der Waals surface area (Å²) in [5, 5.41) is 8.72. The van der Waals surface area contributed by atoms with E-state index in [9.17, 15) is 30.7 Å². The summed E-state index contributed by atoms with van der Waals surface area (Å²) in [6, 6.07) is 0.614. The molecule has 1 rings (SSSR count). The summed E-state index contributed by atoms with van der Waals surface area (Å²) in [5.41, 5.74) is -2.91. The quantitative estimate of drug-likeness (QED) is 0.768. The van der Waals surface area contributed by atoms with Crippen molar-refractivity contribution in [3.8, 4) is 0 Å². The summed E-state index contributed by atoms with van der Waals surface area (Å²) in [7, 11) is 0. The second kappa shape index (κ2) is 4.17. The third-order valence-corrected chi connectivity index (χ3v) is 1.92. The highest BCUT2D eigenvalue weighted by Crippen LogP contribution is 2.37. The van der Waals surface area contributed by atoms with Crippen molar-refractivity contribution in [1.82, 2.24) is 0 Å². The van der Waals surface area contributed by atoms with Gasteiger partial charge in [0.25, 0.3) is 0 Å². The molecule has 0 aliphatic rings. The third-order valence-electron chi connectivity index (χ3n) is 1.92. The molecule has 1 atom stereocenters. The summed E-state index contributed by atoms with van der Waals surface area (Å²) < 4.78 is 85.4. The molecule has 1 aromatic carbocycles. The lowest BCUT2D eigenvalue weighted by atomic mass is 10.0. The minimum Gasteiger partial charge on any atom is -0.379 e. The molecule has 0 spiro atoms. The Bertz CT molecular complexity index is 407. The number of aliphatic hydroxyl groups is 1. The number of halogens is 7. The lowest BCUT2D eigenvalue weighted by Crippen LogP contribution is -2.21. The monoisotopic (exact) mass is 262 g/mol. The van der Waals surface area contributed by atoms with Crippen molar-refractivity contribution < 1.29 is 35.8 Å². The van der Waals surface area contributed by atoms with Gasteiger partial charge in [0.1, 0.15) is 5.82 Å². The van der Waals surface area contributed by atoms with E-state index in [1.54, 1.807) is 0 Å². The molecule has 0 fully saturated rings.